The molecule has 1 N–H and O–H groups in total. The fourth-order valence-corrected chi connectivity index (χ4v) is 2.93. The zero-order valence-corrected chi connectivity index (χ0v) is 10.3. The molecule has 3 heteroatoms. The van der Waals surface area contributed by atoms with Gasteiger partial charge in [0.2, 0.25) is 0 Å². The Morgan fingerprint density at radius 1 is 1.35 bits per heavy atom. The van der Waals surface area contributed by atoms with Crippen LogP contribution in [0.1, 0.15) is 36.8 Å². The minimum atomic E-state index is -0.702. The smallest absolute Gasteiger partial charge is 0.314 e. The maximum absolute atomic E-state index is 11.6. The summed E-state index contributed by atoms with van der Waals surface area (Å²) in [7, 11) is 1.62. The molecule has 1 saturated carbocycles. The number of benzene rings is 1. The van der Waals surface area contributed by atoms with Gasteiger partial charge in [-0.3, -0.25) is 4.79 Å². The first-order chi connectivity index (χ1) is 8.12. The van der Waals surface area contributed by atoms with Crippen LogP contribution in [0.4, 0.5) is 0 Å². The molecule has 0 amide bonds. The van der Waals surface area contributed by atoms with Gasteiger partial charge in [-0.2, -0.15) is 0 Å². The number of carbonyl (C=O) groups is 1. The van der Waals surface area contributed by atoms with E-state index in [1.54, 1.807) is 7.11 Å². The van der Waals surface area contributed by atoms with E-state index in [1.807, 2.05) is 25.1 Å². The summed E-state index contributed by atoms with van der Waals surface area (Å²) in [5.41, 5.74) is 1.18. The zero-order valence-electron chi connectivity index (χ0n) is 10.3. The Labute approximate surface area is 101 Å². The van der Waals surface area contributed by atoms with E-state index in [4.69, 9.17) is 4.74 Å². The molecular formula is C14H18O3. The Hall–Kier alpha value is -1.51. The summed E-state index contributed by atoms with van der Waals surface area (Å²) in [5, 5.41) is 9.56. The lowest BCUT2D eigenvalue weighted by molar-refractivity contribution is -0.143. The topological polar surface area (TPSA) is 46.5 Å². The Kier molecular flexibility index (Phi) is 3.09. The van der Waals surface area contributed by atoms with Crippen LogP contribution in [0.3, 0.4) is 0 Å². The van der Waals surface area contributed by atoms with E-state index in [0.717, 1.165) is 42.6 Å². The number of rotatable bonds is 3. The summed E-state index contributed by atoms with van der Waals surface area (Å²) in [6.07, 6.45) is 3.44. The molecule has 92 valence electrons. The number of hydrogen-bond acceptors (Lipinski definition) is 2. The van der Waals surface area contributed by atoms with Crippen LogP contribution in [-0.2, 0) is 10.2 Å². The molecule has 0 spiro atoms. The van der Waals surface area contributed by atoms with Crippen molar-refractivity contribution in [3.63, 3.8) is 0 Å². The highest BCUT2D eigenvalue weighted by atomic mass is 16.5. The molecule has 0 radical (unpaired) electrons. The van der Waals surface area contributed by atoms with Crippen molar-refractivity contribution in [3.8, 4) is 5.75 Å². The van der Waals surface area contributed by atoms with Crippen LogP contribution in [0.2, 0.25) is 0 Å². The summed E-state index contributed by atoms with van der Waals surface area (Å²) >= 11 is 0. The lowest BCUT2D eigenvalue weighted by Gasteiger charge is -2.27. The van der Waals surface area contributed by atoms with Crippen molar-refractivity contribution in [2.24, 2.45) is 0 Å². The molecule has 0 unspecified atom stereocenters. The quantitative estimate of drug-likeness (QED) is 0.874. The number of aliphatic carboxylic acids is 1. The second-order valence-electron chi connectivity index (χ2n) is 4.73. The number of methoxy groups -OCH3 is 1. The Bertz CT molecular complexity index is 431. The molecule has 2 rings (SSSR count). The summed E-state index contributed by atoms with van der Waals surface area (Å²) in [5.74, 6) is 0.0707. The van der Waals surface area contributed by atoms with E-state index < -0.39 is 11.4 Å². The minimum absolute atomic E-state index is 0.696. The molecule has 1 fully saturated rings. The third kappa shape index (κ3) is 1.79. The largest absolute Gasteiger partial charge is 0.496 e. The molecule has 1 aromatic rings. The van der Waals surface area contributed by atoms with E-state index in [2.05, 4.69) is 0 Å². The van der Waals surface area contributed by atoms with Gasteiger partial charge in [-0.05, 0) is 37.0 Å². The second kappa shape index (κ2) is 4.40. The highest BCUT2D eigenvalue weighted by molar-refractivity contribution is 5.82. The maximum Gasteiger partial charge on any atom is 0.314 e. The zero-order chi connectivity index (χ0) is 12.5. The van der Waals surface area contributed by atoms with Crippen molar-refractivity contribution in [2.75, 3.05) is 7.11 Å². The summed E-state index contributed by atoms with van der Waals surface area (Å²) < 4.78 is 5.28. The van der Waals surface area contributed by atoms with Crippen LogP contribution < -0.4 is 4.74 Å². The van der Waals surface area contributed by atoms with Gasteiger partial charge in [0.05, 0.1) is 12.5 Å². The Balaban J connectivity index is 2.54. The first kappa shape index (κ1) is 12.0. The average molecular weight is 234 g/mol. The highest BCUT2D eigenvalue weighted by Gasteiger charge is 2.44. The van der Waals surface area contributed by atoms with E-state index in [-0.39, 0.29) is 0 Å². The van der Waals surface area contributed by atoms with Crippen molar-refractivity contribution in [1.82, 2.24) is 0 Å². The van der Waals surface area contributed by atoms with Crippen LogP contribution >= 0.6 is 0 Å². The Morgan fingerprint density at radius 2 is 2.00 bits per heavy atom. The first-order valence-corrected chi connectivity index (χ1v) is 5.99. The maximum atomic E-state index is 11.6. The Morgan fingerprint density at radius 3 is 2.53 bits per heavy atom. The fourth-order valence-electron chi connectivity index (χ4n) is 2.93. The monoisotopic (exact) mass is 234 g/mol. The molecule has 0 heterocycles. The highest BCUT2D eigenvalue weighted by Crippen LogP contribution is 2.44. The summed E-state index contributed by atoms with van der Waals surface area (Å²) in [6.45, 7) is 1.94. The molecule has 0 aromatic heterocycles. The van der Waals surface area contributed by atoms with Gasteiger partial charge in [0.15, 0.2) is 0 Å². The number of carboxylic acids is 1. The summed E-state index contributed by atoms with van der Waals surface area (Å²) in [6, 6.07) is 5.69. The van der Waals surface area contributed by atoms with Gasteiger partial charge in [0.1, 0.15) is 5.75 Å². The normalized spacial score (nSPS) is 18.0. The standard InChI is InChI=1S/C14H18O3/c1-10-11(6-5-7-12(10)17-2)14(13(15)16)8-3-4-9-14/h5-7H,3-4,8-9H2,1-2H3,(H,15,16). The molecular weight excluding hydrogens is 216 g/mol. The average Bonchev–Trinajstić information content (AvgIpc) is 2.79. The minimum Gasteiger partial charge on any atom is -0.496 e. The number of carboxylic acid groups (broad SMARTS) is 1. The van der Waals surface area contributed by atoms with E-state index in [1.165, 1.54) is 0 Å². The SMILES string of the molecule is COc1cccc(C2(C(=O)O)CCCC2)c1C. The van der Waals surface area contributed by atoms with Crippen molar-refractivity contribution in [3.05, 3.63) is 29.3 Å². The van der Waals surface area contributed by atoms with Crippen LogP contribution in [0.15, 0.2) is 18.2 Å². The van der Waals surface area contributed by atoms with E-state index in [0.29, 0.717) is 0 Å². The molecule has 0 saturated heterocycles. The van der Waals surface area contributed by atoms with Gasteiger partial charge < -0.3 is 9.84 Å². The molecule has 0 aliphatic heterocycles. The van der Waals surface area contributed by atoms with E-state index in [9.17, 15) is 9.90 Å². The van der Waals surface area contributed by atoms with Gasteiger partial charge >= 0.3 is 5.97 Å². The molecule has 1 aliphatic carbocycles. The predicted octanol–water partition coefficient (Wildman–Crippen LogP) is 2.90. The first-order valence-electron chi connectivity index (χ1n) is 5.99. The summed E-state index contributed by atoms with van der Waals surface area (Å²) in [4.78, 5) is 11.6. The predicted molar refractivity (Wildman–Crippen MR) is 65.5 cm³/mol. The third-order valence-corrected chi connectivity index (χ3v) is 3.89. The van der Waals surface area contributed by atoms with Gasteiger partial charge in [0, 0.05) is 0 Å². The van der Waals surface area contributed by atoms with Gasteiger partial charge in [-0.1, -0.05) is 25.0 Å². The lowest BCUT2D eigenvalue weighted by atomic mass is 9.77. The second-order valence-corrected chi connectivity index (χ2v) is 4.73. The molecule has 17 heavy (non-hydrogen) atoms. The number of hydrogen-bond donors (Lipinski definition) is 1. The van der Waals surface area contributed by atoms with Gasteiger partial charge in [-0.25, -0.2) is 0 Å². The third-order valence-electron chi connectivity index (χ3n) is 3.89. The van der Waals surface area contributed by atoms with Crippen LogP contribution in [0.25, 0.3) is 0 Å². The molecule has 1 aliphatic rings. The van der Waals surface area contributed by atoms with Crippen LogP contribution in [0.5, 0.6) is 5.75 Å². The van der Waals surface area contributed by atoms with Crippen molar-refractivity contribution in [2.45, 2.75) is 38.0 Å². The molecule has 0 bridgehead atoms. The van der Waals surface area contributed by atoms with Gasteiger partial charge in [-0.15, -0.1) is 0 Å². The number of ether oxygens (including phenoxy) is 1. The van der Waals surface area contributed by atoms with Crippen LogP contribution in [-0.4, -0.2) is 18.2 Å². The van der Waals surface area contributed by atoms with Crippen molar-refractivity contribution < 1.29 is 14.6 Å². The lowest BCUT2D eigenvalue weighted by Crippen LogP contribution is -2.33. The van der Waals surface area contributed by atoms with Crippen molar-refractivity contribution in [1.29, 1.82) is 0 Å². The van der Waals surface area contributed by atoms with Crippen LogP contribution in [0, 0.1) is 6.92 Å². The van der Waals surface area contributed by atoms with E-state index >= 15 is 0 Å². The molecule has 0 atom stereocenters. The van der Waals surface area contributed by atoms with Crippen molar-refractivity contribution >= 4 is 5.97 Å². The molecule has 3 nitrogen and oxygen atoms in total. The van der Waals surface area contributed by atoms with Gasteiger partial charge in [0.25, 0.3) is 0 Å². The fraction of sp³-hybridized carbons (Fsp3) is 0.500. The molecule has 1 aromatic carbocycles.